The van der Waals surface area contributed by atoms with Crippen molar-refractivity contribution in [1.29, 1.82) is 0 Å². The normalized spacial score (nSPS) is 14.9. The van der Waals surface area contributed by atoms with Gasteiger partial charge in [0.2, 0.25) is 0 Å². The molecule has 1 rings (SSSR count). The minimum absolute atomic E-state index is 0.570. The van der Waals surface area contributed by atoms with E-state index in [4.69, 9.17) is 11.6 Å². The number of hydrogen-bond donors (Lipinski definition) is 1. The van der Waals surface area contributed by atoms with E-state index in [2.05, 4.69) is 38.2 Å². The Morgan fingerprint density at radius 1 is 1.20 bits per heavy atom. The van der Waals surface area contributed by atoms with Crippen LogP contribution in [0.25, 0.3) is 0 Å². The molecule has 0 saturated heterocycles. The quantitative estimate of drug-likeness (QED) is 0.803. The molecule has 0 spiro atoms. The third-order valence-corrected chi connectivity index (χ3v) is 2.95. The van der Waals surface area contributed by atoms with Crippen LogP contribution in [0.2, 0.25) is 5.02 Å². The minimum Gasteiger partial charge on any atom is -0.315 e. The summed E-state index contributed by atoms with van der Waals surface area (Å²) in [6.07, 6.45) is 1.16. The Labute approximate surface area is 97.8 Å². The van der Waals surface area contributed by atoms with Gasteiger partial charge in [-0.05, 0) is 43.5 Å². The highest BCUT2D eigenvalue weighted by molar-refractivity contribution is 6.30. The average Bonchev–Trinajstić information content (AvgIpc) is 2.18. The van der Waals surface area contributed by atoms with Crippen molar-refractivity contribution in [3.63, 3.8) is 0 Å². The highest BCUT2D eigenvalue weighted by Crippen LogP contribution is 2.22. The summed E-state index contributed by atoms with van der Waals surface area (Å²) in [4.78, 5) is 0. The summed E-state index contributed by atoms with van der Waals surface area (Å²) in [5.74, 6) is 0.580. The second-order valence-electron chi connectivity index (χ2n) is 4.15. The van der Waals surface area contributed by atoms with Gasteiger partial charge in [-0.3, -0.25) is 0 Å². The third kappa shape index (κ3) is 4.23. The van der Waals surface area contributed by atoms with Crippen molar-refractivity contribution in [3.8, 4) is 0 Å². The molecule has 0 aliphatic rings. The van der Waals surface area contributed by atoms with Crippen LogP contribution in [0.4, 0.5) is 0 Å². The molecule has 1 aromatic carbocycles. The first kappa shape index (κ1) is 12.5. The molecule has 0 aromatic heterocycles. The standard InChI is InChI=1S/C13H20ClN/c1-4-15-11(3)9-10(2)12-5-7-13(14)8-6-12/h5-8,10-11,15H,4,9H2,1-3H3. The van der Waals surface area contributed by atoms with Crippen molar-refractivity contribution < 1.29 is 0 Å². The van der Waals surface area contributed by atoms with Crippen molar-refractivity contribution in [1.82, 2.24) is 5.32 Å². The van der Waals surface area contributed by atoms with Gasteiger partial charge >= 0.3 is 0 Å². The van der Waals surface area contributed by atoms with E-state index >= 15 is 0 Å². The van der Waals surface area contributed by atoms with Crippen LogP contribution in [0, 0.1) is 0 Å². The van der Waals surface area contributed by atoms with Crippen molar-refractivity contribution in [3.05, 3.63) is 34.9 Å². The lowest BCUT2D eigenvalue weighted by atomic mass is 9.94. The zero-order valence-electron chi connectivity index (χ0n) is 9.76. The predicted octanol–water partition coefficient (Wildman–Crippen LogP) is 3.83. The van der Waals surface area contributed by atoms with Crippen LogP contribution in [0.5, 0.6) is 0 Å². The molecule has 0 amide bonds. The lowest BCUT2D eigenvalue weighted by molar-refractivity contribution is 0.491. The summed E-state index contributed by atoms with van der Waals surface area (Å²) in [5.41, 5.74) is 1.36. The van der Waals surface area contributed by atoms with Crippen LogP contribution in [0.1, 0.15) is 38.7 Å². The summed E-state index contributed by atoms with van der Waals surface area (Å²) in [6, 6.07) is 8.73. The minimum atomic E-state index is 0.570. The van der Waals surface area contributed by atoms with E-state index in [0.29, 0.717) is 12.0 Å². The van der Waals surface area contributed by atoms with E-state index in [1.807, 2.05) is 12.1 Å². The Morgan fingerprint density at radius 3 is 2.33 bits per heavy atom. The van der Waals surface area contributed by atoms with Crippen molar-refractivity contribution in [2.75, 3.05) is 6.54 Å². The van der Waals surface area contributed by atoms with E-state index in [9.17, 15) is 0 Å². The molecule has 0 radical (unpaired) electrons. The van der Waals surface area contributed by atoms with Gasteiger partial charge in [0.25, 0.3) is 0 Å². The zero-order valence-corrected chi connectivity index (χ0v) is 10.5. The van der Waals surface area contributed by atoms with Gasteiger partial charge in [0.05, 0.1) is 0 Å². The van der Waals surface area contributed by atoms with Gasteiger partial charge < -0.3 is 5.32 Å². The summed E-state index contributed by atoms with van der Waals surface area (Å²) in [7, 11) is 0. The molecule has 0 aliphatic carbocycles. The molecule has 2 heteroatoms. The molecule has 0 aliphatic heterocycles. The Hall–Kier alpha value is -0.530. The fourth-order valence-electron chi connectivity index (χ4n) is 1.89. The number of nitrogens with one attached hydrogen (secondary N) is 1. The van der Waals surface area contributed by atoms with Crippen LogP contribution in [0.3, 0.4) is 0 Å². The average molecular weight is 226 g/mol. The molecular weight excluding hydrogens is 206 g/mol. The Morgan fingerprint density at radius 2 is 1.80 bits per heavy atom. The Kier molecular flexibility index (Phi) is 5.13. The summed E-state index contributed by atoms with van der Waals surface area (Å²) < 4.78 is 0. The molecule has 0 heterocycles. The van der Waals surface area contributed by atoms with Crippen LogP contribution < -0.4 is 5.32 Å². The summed E-state index contributed by atoms with van der Waals surface area (Å²) in [5, 5.41) is 4.24. The highest BCUT2D eigenvalue weighted by atomic mass is 35.5. The Bertz CT molecular complexity index is 281. The van der Waals surface area contributed by atoms with Gasteiger partial charge in [0, 0.05) is 11.1 Å². The number of halogens is 1. The van der Waals surface area contributed by atoms with Gasteiger partial charge in [0.1, 0.15) is 0 Å². The van der Waals surface area contributed by atoms with Gasteiger partial charge in [-0.1, -0.05) is 37.6 Å². The topological polar surface area (TPSA) is 12.0 Å². The first-order valence-corrected chi connectivity index (χ1v) is 6.00. The van der Waals surface area contributed by atoms with Gasteiger partial charge in [0.15, 0.2) is 0 Å². The summed E-state index contributed by atoms with van der Waals surface area (Å²) >= 11 is 5.86. The molecule has 1 nitrogen and oxygen atoms in total. The second-order valence-corrected chi connectivity index (χ2v) is 4.58. The smallest absolute Gasteiger partial charge is 0.0406 e. The van der Waals surface area contributed by atoms with Crippen LogP contribution in [-0.4, -0.2) is 12.6 Å². The zero-order chi connectivity index (χ0) is 11.3. The van der Waals surface area contributed by atoms with Gasteiger partial charge in [-0.2, -0.15) is 0 Å². The van der Waals surface area contributed by atoms with Gasteiger partial charge in [-0.25, -0.2) is 0 Å². The fourth-order valence-corrected chi connectivity index (χ4v) is 2.02. The first-order chi connectivity index (χ1) is 7.13. The first-order valence-electron chi connectivity index (χ1n) is 5.62. The molecule has 2 unspecified atom stereocenters. The maximum atomic E-state index is 5.86. The maximum absolute atomic E-state index is 5.86. The molecule has 0 bridgehead atoms. The second kappa shape index (κ2) is 6.14. The molecule has 2 atom stereocenters. The molecular formula is C13H20ClN. The molecule has 1 N–H and O–H groups in total. The lowest BCUT2D eigenvalue weighted by Crippen LogP contribution is -2.26. The van der Waals surface area contributed by atoms with Crippen LogP contribution in [0.15, 0.2) is 24.3 Å². The SMILES string of the molecule is CCNC(C)CC(C)c1ccc(Cl)cc1. The number of rotatable bonds is 5. The highest BCUT2D eigenvalue weighted by Gasteiger charge is 2.09. The largest absolute Gasteiger partial charge is 0.315 e. The van der Waals surface area contributed by atoms with E-state index in [-0.39, 0.29) is 0 Å². The van der Waals surface area contributed by atoms with Crippen molar-refractivity contribution in [2.24, 2.45) is 0 Å². The Balaban J connectivity index is 2.53. The fraction of sp³-hybridized carbons (Fsp3) is 0.538. The van der Waals surface area contributed by atoms with E-state index < -0.39 is 0 Å². The van der Waals surface area contributed by atoms with Gasteiger partial charge in [-0.15, -0.1) is 0 Å². The monoisotopic (exact) mass is 225 g/mol. The van der Waals surface area contributed by atoms with Crippen molar-refractivity contribution >= 4 is 11.6 Å². The molecule has 84 valence electrons. The summed E-state index contributed by atoms with van der Waals surface area (Å²) in [6.45, 7) is 7.67. The van der Waals surface area contributed by atoms with Crippen molar-refractivity contribution in [2.45, 2.75) is 39.2 Å². The third-order valence-electron chi connectivity index (χ3n) is 2.70. The maximum Gasteiger partial charge on any atom is 0.0406 e. The van der Waals surface area contributed by atoms with Crippen LogP contribution in [-0.2, 0) is 0 Å². The molecule has 0 saturated carbocycles. The molecule has 15 heavy (non-hydrogen) atoms. The number of hydrogen-bond acceptors (Lipinski definition) is 1. The van der Waals surface area contributed by atoms with E-state index in [1.165, 1.54) is 5.56 Å². The van der Waals surface area contributed by atoms with E-state index in [1.54, 1.807) is 0 Å². The molecule has 1 aromatic rings. The predicted molar refractivity (Wildman–Crippen MR) is 67.6 cm³/mol. The van der Waals surface area contributed by atoms with Crippen LogP contribution >= 0.6 is 11.6 Å². The van der Waals surface area contributed by atoms with E-state index in [0.717, 1.165) is 18.0 Å². The molecule has 0 fully saturated rings. The lowest BCUT2D eigenvalue weighted by Gasteiger charge is -2.18. The number of benzene rings is 1.